The highest BCUT2D eigenvalue weighted by Crippen LogP contribution is 2.26. The highest BCUT2D eigenvalue weighted by Gasteiger charge is 2.31. The molecule has 0 aromatic heterocycles. The van der Waals surface area contributed by atoms with E-state index in [4.69, 9.17) is 0 Å². The first-order valence-electron chi connectivity index (χ1n) is 7.02. The summed E-state index contributed by atoms with van der Waals surface area (Å²) in [5.74, 6) is -0.838. The molecule has 0 heterocycles. The van der Waals surface area contributed by atoms with Gasteiger partial charge in [-0.1, -0.05) is 12.8 Å². The van der Waals surface area contributed by atoms with Crippen molar-refractivity contribution in [3.05, 3.63) is 24.3 Å². The van der Waals surface area contributed by atoms with E-state index in [9.17, 15) is 26.7 Å². The summed E-state index contributed by atoms with van der Waals surface area (Å²) in [6.07, 6.45) is -1.23. The van der Waals surface area contributed by atoms with Crippen LogP contribution in [0.15, 0.2) is 33.6 Å². The second-order valence-electron chi connectivity index (χ2n) is 5.26. The number of hydrogen-bond donors (Lipinski definition) is 1. The number of rotatable bonds is 4. The van der Waals surface area contributed by atoms with Crippen molar-refractivity contribution in [2.45, 2.75) is 43.0 Å². The molecule has 2 rings (SSSR count). The summed E-state index contributed by atoms with van der Waals surface area (Å²) in [7, 11) is -4.02. The van der Waals surface area contributed by atoms with Crippen molar-refractivity contribution >= 4 is 16.2 Å². The molecule has 1 saturated carbocycles. The topological polar surface area (TPSA) is 76.0 Å². The third-order valence-electron chi connectivity index (χ3n) is 3.53. The van der Waals surface area contributed by atoms with Crippen LogP contribution in [0.4, 0.5) is 13.2 Å². The summed E-state index contributed by atoms with van der Waals surface area (Å²) in [4.78, 5) is -0.242. The number of benzene rings is 1. The highest BCUT2D eigenvalue weighted by atomic mass is 32.2. The van der Waals surface area contributed by atoms with Crippen LogP contribution in [0.2, 0.25) is 0 Å². The minimum Gasteiger partial charge on any atom is -0.406 e. The molecule has 23 heavy (non-hydrogen) atoms. The summed E-state index contributed by atoms with van der Waals surface area (Å²) in [6.45, 7) is 0. The molecular weight excluding hydrogens is 335 g/mol. The molecule has 1 aromatic rings. The molecule has 1 aliphatic rings. The molecule has 1 N–H and O–H groups in total. The molecule has 1 fully saturated rings. The fraction of sp³-hybridized carbons (Fsp3) is 0.500. The van der Waals surface area contributed by atoms with Crippen LogP contribution in [-0.4, -0.2) is 32.2 Å². The summed E-state index contributed by atoms with van der Waals surface area (Å²) in [5, 5.41) is 9.77. The van der Waals surface area contributed by atoms with Crippen molar-refractivity contribution in [1.29, 1.82) is 0 Å². The minimum absolute atomic E-state index is 0.242. The molecule has 1 unspecified atom stereocenters. The minimum atomic E-state index is -4.84. The van der Waals surface area contributed by atoms with E-state index >= 15 is 0 Å². The molecule has 0 radical (unpaired) electrons. The molecule has 0 spiro atoms. The van der Waals surface area contributed by atoms with Crippen LogP contribution in [0.3, 0.4) is 0 Å². The standard InChI is InChI=1S/C14H16F3NO4S/c15-14(16,17)22-11-5-7-12(8-6-11)23(20,21)18-9-10-3-1-2-4-13(10)19/h5-10,13,19H,1-4H2/t10?,13-/m1/s1. The molecule has 9 heteroatoms. The van der Waals surface area contributed by atoms with Gasteiger partial charge in [0.05, 0.1) is 11.0 Å². The van der Waals surface area contributed by atoms with Crippen LogP contribution < -0.4 is 4.74 Å². The molecule has 0 saturated heterocycles. The average molecular weight is 351 g/mol. The fourth-order valence-electron chi connectivity index (χ4n) is 2.35. The Bertz CT molecular complexity index is 656. The fourth-order valence-corrected chi connectivity index (χ4v) is 3.26. The van der Waals surface area contributed by atoms with Crippen molar-refractivity contribution < 1.29 is 31.4 Å². The van der Waals surface area contributed by atoms with Gasteiger partial charge in [-0.3, -0.25) is 0 Å². The number of ether oxygens (including phenoxy) is 1. The van der Waals surface area contributed by atoms with Gasteiger partial charge in [-0.25, -0.2) is 0 Å². The van der Waals surface area contributed by atoms with Crippen molar-refractivity contribution in [2.75, 3.05) is 0 Å². The van der Waals surface area contributed by atoms with Gasteiger partial charge in [0.2, 0.25) is 0 Å². The third kappa shape index (κ3) is 5.21. The second kappa shape index (κ2) is 6.88. The summed E-state index contributed by atoms with van der Waals surface area (Å²) in [6, 6.07) is 3.80. The van der Waals surface area contributed by atoms with Gasteiger partial charge >= 0.3 is 6.36 Å². The number of halogens is 3. The lowest BCUT2D eigenvalue weighted by atomic mass is 9.88. The number of alkyl halides is 3. The Morgan fingerprint density at radius 1 is 1.17 bits per heavy atom. The van der Waals surface area contributed by atoms with Gasteiger partial charge in [0.1, 0.15) is 5.75 Å². The first-order valence-corrected chi connectivity index (χ1v) is 8.46. The van der Waals surface area contributed by atoms with E-state index in [-0.39, 0.29) is 10.8 Å². The van der Waals surface area contributed by atoms with E-state index in [0.717, 1.165) is 37.1 Å². The summed E-state index contributed by atoms with van der Waals surface area (Å²) >= 11 is 0. The first kappa shape index (κ1) is 17.7. The lowest BCUT2D eigenvalue weighted by Crippen LogP contribution is -2.25. The Hall–Kier alpha value is -1.61. The lowest BCUT2D eigenvalue weighted by Gasteiger charge is -2.23. The van der Waals surface area contributed by atoms with Crippen molar-refractivity contribution in [2.24, 2.45) is 10.3 Å². The molecule has 2 atom stereocenters. The monoisotopic (exact) mass is 351 g/mol. The maximum Gasteiger partial charge on any atom is 0.573 e. The lowest BCUT2D eigenvalue weighted by molar-refractivity contribution is -0.274. The quantitative estimate of drug-likeness (QED) is 0.847. The Labute approximate surface area is 131 Å². The molecule has 1 aromatic carbocycles. The van der Waals surface area contributed by atoms with E-state index in [2.05, 4.69) is 9.13 Å². The van der Waals surface area contributed by atoms with E-state index in [1.807, 2.05) is 0 Å². The molecule has 0 bridgehead atoms. The molecular formula is C14H16F3NO4S. The summed E-state index contributed by atoms with van der Waals surface area (Å²) in [5.41, 5.74) is 0. The maximum absolute atomic E-state index is 12.1. The zero-order valence-electron chi connectivity index (χ0n) is 12.0. The zero-order chi connectivity index (χ0) is 17.1. The van der Waals surface area contributed by atoms with Gasteiger partial charge < -0.3 is 9.84 Å². The Kier molecular flexibility index (Phi) is 5.30. The first-order chi connectivity index (χ1) is 10.7. The van der Waals surface area contributed by atoms with Gasteiger partial charge in [0, 0.05) is 12.1 Å². The molecule has 0 aliphatic heterocycles. The Morgan fingerprint density at radius 3 is 2.35 bits per heavy atom. The van der Waals surface area contributed by atoms with E-state index in [0.29, 0.717) is 12.8 Å². The third-order valence-corrected chi connectivity index (χ3v) is 4.79. The smallest absolute Gasteiger partial charge is 0.406 e. The van der Waals surface area contributed by atoms with Crippen LogP contribution in [0.25, 0.3) is 0 Å². The van der Waals surface area contributed by atoms with Crippen molar-refractivity contribution in [3.8, 4) is 5.75 Å². The van der Waals surface area contributed by atoms with Gasteiger partial charge in [0.25, 0.3) is 10.0 Å². The normalized spacial score (nSPS) is 23.1. The van der Waals surface area contributed by atoms with Crippen molar-refractivity contribution in [3.63, 3.8) is 0 Å². The van der Waals surface area contributed by atoms with Crippen molar-refractivity contribution in [1.82, 2.24) is 0 Å². The largest absolute Gasteiger partial charge is 0.573 e. The number of aliphatic hydroxyl groups excluding tert-OH is 1. The van der Waals surface area contributed by atoms with Gasteiger partial charge in [-0.05, 0) is 37.1 Å². The number of hydrogen-bond acceptors (Lipinski definition) is 4. The maximum atomic E-state index is 12.1. The van der Waals surface area contributed by atoms with Crippen LogP contribution in [0.5, 0.6) is 5.75 Å². The predicted octanol–water partition coefficient (Wildman–Crippen LogP) is 2.90. The average Bonchev–Trinajstić information content (AvgIpc) is 2.45. The number of nitrogens with zero attached hydrogens (tertiary/aromatic N) is 1. The van der Waals surface area contributed by atoms with Crippen LogP contribution in [-0.2, 0) is 10.0 Å². The van der Waals surface area contributed by atoms with Gasteiger partial charge in [0.15, 0.2) is 0 Å². The van der Waals surface area contributed by atoms with Gasteiger partial charge in [-0.2, -0.15) is 12.8 Å². The molecule has 128 valence electrons. The summed E-state index contributed by atoms with van der Waals surface area (Å²) < 4.78 is 67.4. The second-order valence-corrected chi connectivity index (χ2v) is 6.90. The molecule has 5 nitrogen and oxygen atoms in total. The molecule has 0 amide bonds. The molecule has 1 aliphatic carbocycles. The highest BCUT2D eigenvalue weighted by molar-refractivity contribution is 7.90. The van der Waals surface area contributed by atoms with Crippen LogP contribution in [0, 0.1) is 5.92 Å². The van der Waals surface area contributed by atoms with E-state index in [1.165, 1.54) is 6.21 Å². The number of sulfonamides is 1. The van der Waals surface area contributed by atoms with E-state index < -0.39 is 28.2 Å². The number of aliphatic hydroxyl groups is 1. The van der Waals surface area contributed by atoms with Gasteiger partial charge in [-0.15, -0.1) is 13.2 Å². The van der Waals surface area contributed by atoms with E-state index in [1.54, 1.807) is 0 Å². The predicted molar refractivity (Wildman–Crippen MR) is 76.8 cm³/mol. The van der Waals surface area contributed by atoms with Crippen LogP contribution >= 0.6 is 0 Å². The zero-order valence-corrected chi connectivity index (χ0v) is 12.8. The Morgan fingerprint density at radius 2 is 1.78 bits per heavy atom. The van der Waals surface area contributed by atoms with Crippen LogP contribution in [0.1, 0.15) is 25.7 Å². The Balaban J connectivity index is 2.10. The SMILES string of the molecule is O=S(=O)(N=CC1CCCC[C@H]1O)c1ccc(OC(F)(F)F)cc1.